The highest BCUT2D eigenvalue weighted by Gasteiger charge is 2.15. The van der Waals surface area contributed by atoms with E-state index in [4.69, 9.17) is 15.7 Å². The number of hydrogen-bond donors (Lipinski definition) is 2. The van der Waals surface area contributed by atoms with Crippen molar-refractivity contribution in [1.82, 2.24) is 0 Å². The number of oxime groups is 1. The predicted octanol–water partition coefficient (Wildman–Crippen LogP) is 2.47. The van der Waals surface area contributed by atoms with Crippen LogP contribution in [0.5, 0.6) is 5.75 Å². The van der Waals surface area contributed by atoms with Crippen molar-refractivity contribution in [1.29, 1.82) is 0 Å². The first kappa shape index (κ1) is 12.8. The molecule has 0 aliphatic heterocycles. The van der Waals surface area contributed by atoms with E-state index in [1.165, 1.54) is 12.1 Å². The quantitative estimate of drug-likeness (QED) is 0.389. The smallest absolute Gasteiger partial charge is 0.179 e. The van der Waals surface area contributed by atoms with Gasteiger partial charge >= 0.3 is 0 Å². The van der Waals surface area contributed by atoms with E-state index in [1.54, 1.807) is 13.8 Å². The third-order valence-electron chi connectivity index (χ3n) is 1.79. The van der Waals surface area contributed by atoms with Crippen molar-refractivity contribution in [3.05, 3.63) is 28.0 Å². The number of amidine groups is 1. The van der Waals surface area contributed by atoms with Crippen LogP contribution in [0.1, 0.15) is 19.4 Å². The molecule has 4 nitrogen and oxygen atoms in total. The zero-order valence-corrected chi connectivity index (χ0v) is 10.5. The Kier molecular flexibility index (Phi) is 4.12. The maximum atomic E-state index is 13.8. The molecule has 0 aliphatic rings. The van der Waals surface area contributed by atoms with Crippen molar-refractivity contribution in [2.24, 2.45) is 10.9 Å². The molecular formula is C10H12BrFN2O2. The fourth-order valence-corrected chi connectivity index (χ4v) is 1.66. The normalized spacial score (nSPS) is 11.9. The van der Waals surface area contributed by atoms with Gasteiger partial charge in [-0.25, -0.2) is 4.39 Å². The molecule has 16 heavy (non-hydrogen) atoms. The SMILES string of the molecule is CC(C)Oc1ccc(/C(N)=N/O)c(Br)c1F. The van der Waals surface area contributed by atoms with Gasteiger partial charge in [0, 0.05) is 5.56 Å². The molecule has 88 valence electrons. The van der Waals surface area contributed by atoms with Gasteiger partial charge in [0.05, 0.1) is 10.6 Å². The Morgan fingerprint density at radius 3 is 2.69 bits per heavy atom. The highest BCUT2D eigenvalue weighted by molar-refractivity contribution is 9.10. The van der Waals surface area contributed by atoms with Gasteiger partial charge in [-0.1, -0.05) is 5.16 Å². The van der Waals surface area contributed by atoms with Crippen LogP contribution in [0.25, 0.3) is 0 Å². The standard InChI is InChI=1S/C10H12BrFN2O2/c1-5(2)16-7-4-3-6(10(13)14-15)8(11)9(7)12/h3-5,15H,1-2H3,(H2,13,14). The lowest BCUT2D eigenvalue weighted by atomic mass is 10.2. The Hall–Kier alpha value is -1.30. The van der Waals surface area contributed by atoms with E-state index in [2.05, 4.69) is 21.1 Å². The average molecular weight is 291 g/mol. The van der Waals surface area contributed by atoms with Crippen LogP contribution in [0.3, 0.4) is 0 Å². The number of rotatable bonds is 3. The molecule has 0 fully saturated rings. The van der Waals surface area contributed by atoms with Crippen molar-refractivity contribution >= 4 is 21.8 Å². The molecule has 0 saturated heterocycles. The summed E-state index contributed by atoms with van der Waals surface area (Å²) in [5.74, 6) is -0.615. The Morgan fingerprint density at radius 1 is 1.56 bits per heavy atom. The van der Waals surface area contributed by atoms with Crippen molar-refractivity contribution in [3.8, 4) is 5.75 Å². The van der Waals surface area contributed by atoms with Crippen molar-refractivity contribution in [2.75, 3.05) is 0 Å². The van der Waals surface area contributed by atoms with Crippen molar-refractivity contribution in [3.63, 3.8) is 0 Å². The van der Waals surface area contributed by atoms with E-state index in [0.29, 0.717) is 0 Å². The third-order valence-corrected chi connectivity index (χ3v) is 2.57. The maximum Gasteiger partial charge on any atom is 0.179 e. The average Bonchev–Trinajstić information content (AvgIpc) is 2.23. The minimum absolute atomic E-state index is 0.112. The first-order valence-electron chi connectivity index (χ1n) is 4.60. The van der Waals surface area contributed by atoms with Gasteiger partial charge in [0.1, 0.15) is 0 Å². The van der Waals surface area contributed by atoms with Gasteiger partial charge in [0.15, 0.2) is 17.4 Å². The van der Waals surface area contributed by atoms with Gasteiger partial charge in [-0.3, -0.25) is 0 Å². The first-order valence-corrected chi connectivity index (χ1v) is 5.39. The molecule has 0 spiro atoms. The van der Waals surface area contributed by atoms with Crippen LogP contribution in [-0.4, -0.2) is 17.1 Å². The molecule has 0 radical (unpaired) electrons. The number of hydrogen-bond acceptors (Lipinski definition) is 3. The fraction of sp³-hybridized carbons (Fsp3) is 0.300. The van der Waals surface area contributed by atoms with Crippen molar-refractivity contribution in [2.45, 2.75) is 20.0 Å². The summed E-state index contributed by atoms with van der Waals surface area (Å²) >= 11 is 3.04. The Bertz CT molecular complexity index is 422. The Balaban J connectivity index is 3.18. The van der Waals surface area contributed by atoms with E-state index in [-0.39, 0.29) is 27.7 Å². The highest BCUT2D eigenvalue weighted by Crippen LogP contribution is 2.29. The zero-order valence-electron chi connectivity index (χ0n) is 8.87. The Morgan fingerprint density at radius 2 is 2.19 bits per heavy atom. The summed E-state index contributed by atoms with van der Waals surface area (Å²) in [5.41, 5.74) is 5.65. The molecule has 0 bridgehead atoms. The molecule has 0 heterocycles. The van der Waals surface area contributed by atoms with Crippen LogP contribution in [0.15, 0.2) is 21.8 Å². The summed E-state index contributed by atoms with van der Waals surface area (Å²) in [6.45, 7) is 3.59. The maximum absolute atomic E-state index is 13.8. The number of nitrogens with two attached hydrogens (primary N) is 1. The summed E-state index contributed by atoms with van der Waals surface area (Å²) in [6, 6.07) is 2.95. The predicted molar refractivity (Wildman–Crippen MR) is 62.4 cm³/mol. The number of halogens is 2. The zero-order chi connectivity index (χ0) is 12.3. The third kappa shape index (κ3) is 2.63. The van der Waals surface area contributed by atoms with Gasteiger partial charge in [-0.2, -0.15) is 0 Å². The molecule has 0 amide bonds. The number of nitrogens with zero attached hydrogens (tertiary/aromatic N) is 1. The second kappa shape index (κ2) is 5.16. The van der Waals surface area contributed by atoms with E-state index in [0.717, 1.165) is 0 Å². The molecule has 1 aromatic rings. The summed E-state index contributed by atoms with van der Waals surface area (Å²) in [5, 5.41) is 11.3. The van der Waals surface area contributed by atoms with Crippen LogP contribution < -0.4 is 10.5 Å². The number of ether oxygens (including phenoxy) is 1. The summed E-state index contributed by atoms with van der Waals surface area (Å²) in [4.78, 5) is 0. The second-order valence-corrected chi connectivity index (χ2v) is 4.18. The van der Waals surface area contributed by atoms with Crippen LogP contribution in [-0.2, 0) is 0 Å². The monoisotopic (exact) mass is 290 g/mol. The van der Waals surface area contributed by atoms with Crippen LogP contribution in [0, 0.1) is 5.82 Å². The van der Waals surface area contributed by atoms with Gasteiger partial charge in [0.2, 0.25) is 0 Å². The van der Waals surface area contributed by atoms with E-state index in [1.807, 2.05) is 0 Å². The largest absolute Gasteiger partial charge is 0.488 e. The first-order chi connectivity index (χ1) is 7.47. The lowest BCUT2D eigenvalue weighted by molar-refractivity contribution is 0.230. The molecular weight excluding hydrogens is 279 g/mol. The second-order valence-electron chi connectivity index (χ2n) is 3.39. The Labute approximate surface area is 101 Å². The minimum atomic E-state index is -0.571. The fourth-order valence-electron chi connectivity index (χ4n) is 1.13. The van der Waals surface area contributed by atoms with Gasteiger partial charge in [-0.15, -0.1) is 0 Å². The molecule has 1 rings (SSSR count). The molecule has 3 N–H and O–H groups in total. The number of benzene rings is 1. The molecule has 0 atom stereocenters. The minimum Gasteiger partial charge on any atom is -0.488 e. The van der Waals surface area contributed by atoms with Crippen LogP contribution in [0.2, 0.25) is 0 Å². The molecule has 0 aliphatic carbocycles. The lowest BCUT2D eigenvalue weighted by Crippen LogP contribution is -2.15. The molecule has 1 aromatic carbocycles. The molecule has 0 saturated carbocycles. The summed E-state index contributed by atoms with van der Waals surface area (Å²) in [7, 11) is 0. The van der Waals surface area contributed by atoms with Gasteiger partial charge < -0.3 is 15.7 Å². The van der Waals surface area contributed by atoms with Gasteiger partial charge in [-0.05, 0) is 41.9 Å². The molecule has 0 aromatic heterocycles. The summed E-state index contributed by atoms with van der Waals surface area (Å²) in [6.07, 6.45) is -0.129. The van der Waals surface area contributed by atoms with E-state index in [9.17, 15) is 4.39 Å². The van der Waals surface area contributed by atoms with Crippen LogP contribution >= 0.6 is 15.9 Å². The topological polar surface area (TPSA) is 67.8 Å². The van der Waals surface area contributed by atoms with Crippen molar-refractivity contribution < 1.29 is 14.3 Å². The molecule has 6 heteroatoms. The van der Waals surface area contributed by atoms with Crippen LogP contribution in [0.4, 0.5) is 4.39 Å². The highest BCUT2D eigenvalue weighted by atomic mass is 79.9. The van der Waals surface area contributed by atoms with E-state index < -0.39 is 5.82 Å². The van der Waals surface area contributed by atoms with E-state index >= 15 is 0 Å². The van der Waals surface area contributed by atoms with Gasteiger partial charge in [0.25, 0.3) is 0 Å². The molecule has 0 unspecified atom stereocenters. The summed E-state index contributed by atoms with van der Waals surface area (Å²) < 4.78 is 19.1. The lowest BCUT2D eigenvalue weighted by Gasteiger charge is -2.12.